The third kappa shape index (κ3) is 2.14. The van der Waals surface area contributed by atoms with E-state index >= 15 is 0 Å². The van der Waals surface area contributed by atoms with Crippen LogP contribution in [0.3, 0.4) is 0 Å². The maximum atomic E-state index is 12.0. The fourth-order valence-electron chi connectivity index (χ4n) is 1.80. The summed E-state index contributed by atoms with van der Waals surface area (Å²) in [7, 11) is -3.57. The highest BCUT2D eigenvalue weighted by Gasteiger charge is 2.36. The molecule has 0 bridgehead atoms. The summed E-state index contributed by atoms with van der Waals surface area (Å²) in [5, 5.41) is 0. The first-order valence-electron chi connectivity index (χ1n) is 5.42. The molecule has 0 radical (unpaired) electrons. The molecule has 102 valence electrons. The highest BCUT2D eigenvalue weighted by atomic mass is 32.2. The number of hydrogen-bond acceptors (Lipinski definition) is 4. The van der Waals surface area contributed by atoms with E-state index in [9.17, 15) is 13.2 Å². The highest BCUT2D eigenvalue weighted by molar-refractivity contribution is 7.92. The zero-order valence-corrected chi connectivity index (χ0v) is 11.2. The van der Waals surface area contributed by atoms with Gasteiger partial charge in [-0.05, 0) is 31.5 Å². The molecule has 1 unspecified atom stereocenters. The van der Waals surface area contributed by atoms with Gasteiger partial charge >= 0.3 is 0 Å². The van der Waals surface area contributed by atoms with Gasteiger partial charge in [-0.25, -0.2) is 8.42 Å². The molecular formula is C11H13N3O4S. The average Bonchev–Trinajstić information content (AvgIpc) is 2.47. The summed E-state index contributed by atoms with van der Waals surface area (Å²) in [4.78, 5) is 15.2. The van der Waals surface area contributed by atoms with E-state index in [1.54, 1.807) is 6.92 Å². The number of ether oxygens (including phenoxy) is 1. The van der Waals surface area contributed by atoms with Gasteiger partial charge in [0.05, 0.1) is 0 Å². The largest absolute Gasteiger partial charge is 0.473 e. The van der Waals surface area contributed by atoms with Crippen molar-refractivity contribution in [1.29, 1.82) is 0 Å². The Balaban J connectivity index is 2.61. The Morgan fingerprint density at radius 2 is 2.00 bits per heavy atom. The van der Waals surface area contributed by atoms with Gasteiger partial charge in [0.1, 0.15) is 10.6 Å². The molecule has 0 aromatic heterocycles. The molecular weight excluding hydrogens is 270 g/mol. The summed E-state index contributed by atoms with van der Waals surface area (Å²) in [6.07, 6.45) is 0. The number of hydrogen-bond donors (Lipinski definition) is 2. The van der Waals surface area contributed by atoms with Crippen LogP contribution in [0.25, 0.3) is 0 Å². The average molecular weight is 283 g/mol. The molecule has 0 fully saturated rings. The predicted octanol–water partition coefficient (Wildman–Crippen LogP) is -0.0793. The molecule has 1 amide bonds. The Hall–Kier alpha value is -2.09. The van der Waals surface area contributed by atoms with Crippen LogP contribution in [-0.2, 0) is 9.84 Å². The number of carbonyl (C=O) groups is 1. The van der Waals surface area contributed by atoms with Gasteiger partial charge in [-0.1, -0.05) is 0 Å². The van der Waals surface area contributed by atoms with Crippen molar-refractivity contribution in [2.24, 2.45) is 16.5 Å². The number of nitrogens with two attached hydrogens (primary N) is 2. The van der Waals surface area contributed by atoms with E-state index in [2.05, 4.69) is 4.99 Å². The molecule has 1 aromatic rings. The third-order valence-corrected chi connectivity index (χ3v) is 4.69. The SMILES string of the molecule is Cc1cc2c(cc1C(=O)N=C(N)N)S(=O)(=O)C(C)O2. The van der Waals surface area contributed by atoms with Crippen molar-refractivity contribution >= 4 is 21.7 Å². The van der Waals surface area contributed by atoms with Crippen LogP contribution in [0.2, 0.25) is 0 Å². The van der Waals surface area contributed by atoms with E-state index in [1.807, 2.05) is 0 Å². The molecule has 8 heteroatoms. The summed E-state index contributed by atoms with van der Waals surface area (Å²) in [5.74, 6) is -0.821. The summed E-state index contributed by atoms with van der Waals surface area (Å²) in [5.41, 5.74) is 9.98. The second-order valence-electron chi connectivity index (χ2n) is 4.19. The Morgan fingerprint density at radius 3 is 2.58 bits per heavy atom. The van der Waals surface area contributed by atoms with Crippen molar-refractivity contribution < 1.29 is 17.9 Å². The summed E-state index contributed by atoms with van der Waals surface area (Å²) < 4.78 is 29.2. The Bertz CT molecular complexity index is 690. The predicted molar refractivity (Wildman–Crippen MR) is 68.6 cm³/mol. The lowest BCUT2D eigenvalue weighted by Crippen LogP contribution is -2.24. The van der Waals surface area contributed by atoms with Crippen molar-refractivity contribution in [3.63, 3.8) is 0 Å². The van der Waals surface area contributed by atoms with E-state index in [0.29, 0.717) is 5.56 Å². The van der Waals surface area contributed by atoms with Crippen LogP contribution in [0.5, 0.6) is 5.75 Å². The van der Waals surface area contributed by atoms with Crippen LogP contribution in [0.4, 0.5) is 0 Å². The van der Waals surface area contributed by atoms with Crippen molar-refractivity contribution in [3.8, 4) is 5.75 Å². The number of nitrogens with zero attached hydrogens (tertiary/aromatic N) is 1. The molecule has 19 heavy (non-hydrogen) atoms. The second kappa shape index (κ2) is 4.23. The van der Waals surface area contributed by atoms with Gasteiger partial charge in [0.2, 0.25) is 15.3 Å². The van der Waals surface area contributed by atoms with Crippen molar-refractivity contribution in [2.75, 3.05) is 0 Å². The van der Waals surface area contributed by atoms with Crippen molar-refractivity contribution in [2.45, 2.75) is 24.2 Å². The quantitative estimate of drug-likeness (QED) is 0.548. The van der Waals surface area contributed by atoms with Gasteiger partial charge in [-0.3, -0.25) is 4.79 Å². The molecule has 1 atom stereocenters. The lowest BCUT2D eigenvalue weighted by Gasteiger charge is -2.04. The normalized spacial score (nSPS) is 19.4. The van der Waals surface area contributed by atoms with E-state index in [1.165, 1.54) is 19.1 Å². The lowest BCUT2D eigenvalue weighted by atomic mass is 10.1. The van der Waals surface area contributed by atoms with Gasteiger partial charge < -0.3 is 16.2 Å². The van der Waals surface area contributed by atoms with E-state index in [-0.39, 0.29) is 22.2 Å². The molecule has 1 aromatic carbocycles. The van der Waals surface area contributed by atoms with Crippen LogP contribution >= 0.6 is 0 Å². The minimum absolute atomic E-state index is 0.0141. The van der Waals surface area contributed by atoms with Crippen LogP contribution in [0.15, 0.2) is 22.0 Å². The molecule has 0 spiro atoms. The Labute approximate surface area is 110 Å². The zero-order valence-electron chi connectivity index (χ0n) is 10.4. The maximum Gasteiger partial charge on any atom is 0.280 e. The molecule has 0 aliphatic carbocycles. The van der Waals surface area contributed by atoms with E-state index in [0.717, 1.165) is 0 Å². The molecule has 2 rings (SSSR count). The van der Waals surface area contributed by atoms with E-state index in [4.69, 9.17) is 16.2 Å². The van der Waals surface area contributed by atoms with Crippen LogP contribution in [-0.4, -0.2) is 25.7 Å². The maximum absolute atomic E-state index is 12.0. The third-order valence-electron chi connectivity index (χ3n) is 2.79. The monoisotopic (exact) mass is 283 g/mol. The number of carbonyl (C=O) groups excluding carboxylic acids is 1. The first kappa shape index (κ1) is 13.3. The molecule has 4 N–H and O–H groups in total. The number of fused-ring (bicyclic) bond motifs is 1. The second-order valence-corrected chi connectivity index (χ2v) is 6.38. The number of benzene rings is 1. The van der Waals surface area contributed by atoms with Gasteiger partial charge in [0, 0.05) is 5.56 Å². The Morgan fingerprint density at radius 1 is 1.37 bits per heavy atom. The summed E-state index contributed by atoms with van der Waals surface area (Å²) in [6, 6.07) is 2.74. The minimum atomic E-state index is -3.57. The van der Waals surface area contributed by atoms with E-state index < -0.39 is 21.2 Å². The zero-order chi connectivity index (χ0) is 14.4. The van der Waals surface area contributed by atoms with Crippen molar-refractivity contribution in [1.82, 2.24) is 0 Å². The van der Waals surface area contributed by atoms with Crippen LogP contribution < -0.4 is 16.2 Å². The summed E-state index contributed by atoms with van der Waals surface area (Å²) in [6.45, 7) is 3.08. The number of aliphatic imine (C=N–C) groups is 1. The number of rotatable bonds is 1. The molecule has 0 saturated carbocycles. The van der Waals surface area contributed by atoms with Crippen molar-refractivity contribution in [3.05, 3.63) is 23.3 Å². The fraction of sp³-hybridized carbons (Fsp3) is 0.273. The molecule has 0 saturated heterocycles. The van der Waals surface area contributed by atoms with Crippen LogP contribution in [0, 0.1) is 6.92 Å². The van der Waals surface area contributed by atoms with Gasteiger partial charge in [0.15, 0.2) is 5.96 Å². The number of guanidine groups is 1. The lowest BCUT2D eigenvalue weighted by molar-refractivity contribution is 0.100. The molecule has 7 nitrogen and oxygen atoms in total. The first-order valence-corrected chi connectivity index (χ1v) is 6.97. The summed E-state index contributed by atoms with van der Waals surface area (Å²) >= 11 is 0. The topological polar surface area (TPSA) is 125 Å². The molecule has 1 heterocycles. The smallest absolute Gasteiger partial charge is 0.280 e. The number of aryl methyl sites for hydroxylation is 1. The first-order chi connectivity index (χ1) is 8.73. The van der Waals surface area contributed by atoms with Crippen LogP contribution in [0.1, 0.15) is 22.8 Å². The minimum Gasteiger partial charge on any atom is -0.473 e. The molecule has 1 aliphatic rings. The van der Waals surface area contributed by atoms with Gasteiger partial charge in [0.25, 0.3) is 5.91 Å². The standard InChI is InChI=1S/C11H13N3O4S/c1-5-3-8-9(19(16,17)6(2)18-8)4-7(5)10(15)14-11(12)13/h3-4,6H,1-2H3,(H4,12,13,14,15). The fourth-order valence-corrected chi connectivity index (χ4v) is 3.06. The number of sulfone groups is 1. The number of amides is 1. The van der Waals surface area contributed by atoms with Gasteiger partial charge in [-0.15, -0.1) is 0 Å². The highest BCUT2D eigenvalue weighted by Crippen LogP contribution is 2.37. The van der Waals surface area contributed by atoms with Gasteiger partial charge in [-0.2, -0.15) is 4.99 Å². The Kier molecular flexibility index (Phi) is 2.97. The molecule has 1 aliphatic heterocycles.